The molecule has 4 atom stereocenters. The number of esters is 1. The molecule has 1 aliphatic carbocycles. The predicted molar refractivity (Wildman–Crippen MR) is 119 cm³/mol. The summed E-state index contributed by atoms with van der Waals surface area (Å²) in [4.78, 5) is 49.1. The monoisotopic (exact) mass is 495 g/mol. The molecule has 2 rings (SSSR count). The maximum absolute atomic E-state index is 12.8. The molecular formula is C22H27N2O9S-. The summed E-state index contributed by atoms with van der Waals surface area (Å²) in [6.07, 6.45) is -0.626. The number of aliphatic hydroxyl groups excluding tert-OH is 2. The number of carbonyl (C=O) groups excluding carboxylic acids is 4. The molecule has 0 unspecified atom stereocenters. The Kier molecular flexibility index (Phi) is 9.90. The molecule has 0 bridgehead atoms. The first kappa shape index (κ1) is 27.2. The Hall–Kier alpha value is -3.09. The van der Waals surface area contributed by atoms with Crippen molar-refractivity contribution in [3.8, 4) is 5.75 Å². The third-order valence-electron chi connectivity index (χ3n) is 5.24. The normalized spacial score (nSPS) is 20.5. The van der Waals surface area contributed by atoms with E-state index in [0.717, 1.165) is 12.0 Å². The van der Waals surface area contributed by atoms with Crippen molar-refractivity contribution in [3.05, 3.63) is 35.4 Å². The number of aliphatic hydroxyl groups is 2. The van der Waals surface area contributed by atoms with E-state index in [-0.39, 0.29) is 24.0 Å². The number of methoxy groups -OCH3 is 2. The molecule has 0 spiro atoms. The molecule has 2 amide bonds. The number of hydrogen-bond donors (Lipinski definition) is 4. The number of ether oxygens (including phenoxy) is 2. The van der Waals surface area contributed by atoms with Gasteiger partial charge in [0.2, 0.25) is 5.91 Å². The average molecular weight is 496 g/mol. The smallest absolute Gasteiger partial charge is 0.328 e. The quantitative estimate of drug-likeness (QED) is 0.227. The van der Waals surface area contributed by atoms with E-state index in [2.05, 4.69) is 15.4 Å². The number of carboxylic acid groups (broad SMARTS) is 1. The van der Waals surface area contributed by atoms with Crippen LogP contribution >= 0.6 is 11.8 Å². The minimum absolute atomic E-state index is 0.00449. The number of carbonyl (C=O) groups is 4. The highest BCUT2D eigenvalue weighted by Crippen LogP contribution is 2.26. The molecule has 0 saturated heterocycles. The minimum Gasteiger partial charge on any atom is -0.550 e. The summed E-state index contributed by atoms with van der Waals surface area (Å²) in [6.45, 7) is 0. The Balaban J connectivity index is 2.21. The molecule has 1 aromatic rings. The molecule has 0 saturated carbocycles. The van der Waals surface area contributed by atoms with Crippen molar-refractivity contribution >= 4 is 35.5 Å². The summed E-state index contributed by atoms with van der Waals surface area (Å²) in [5.41, 5.74) is 0.190. The van der Waals surface area contributed by atoms with Crippen molar-refractivity contribution in [2.45, 2.75) is 48.4 Å². The Labute approximate surface area is 200 Å². The SMILES string of the molecule is COC(=O)[C@H](CCC(=O)[O-])NC(=O)C1=C[C@@H](NC(=O)c2ccc(SC)cc2OC)[C@@H](O)[C@H](O)C1. The lowest BCUT2D eigenvalue weighted by Crippen LogP contribution is -2.52. The summed E-state index contributed by atoms with van der Waals surface area (Å²) in [5, 5.41) is 36.3. The Morgan fingerprint density at radius 3 is 2.50 bits per heavy atom. The summed E-state index contributed by atoms with van der Waals surface area (Å²) in [6, 6.07) is 2.58. The summed E-state index contributed by atoms with van der Waals surface area (Å²) in [5.74, 6) is -3.31. The van der Waals surface area contributed by atoms with Crippen molar-refractivity contribution in [1.29, 1.82) is 0 Å². The Morgan fingerprint density at radius 1 is 1.21 bits per heavy atom. The van der Waals surface area contributed by atoms with E-state index in [1.54, 1.807) is 18.2 Å². The van der Waals surface area contributed by atoms with Crippen LogP contribution in [0.5, 0.6) is 5.75 Å². The van der Waals surface area contributed by atoms with Gasteiger partial charge in [0.15, 0.2) is 0 Å². The van der Waals surface area contributed by atoms with Gasteiger partial charge in [-0.25, -0.2) is 4.79 Å². The van der Waals surface area contributed by atoms with E-state index < -0.39 is 54.5 Å². The van der Waals surface area contributed by atoms with Gasteiger partial charge in [-0.2, -0.15) is 0 Å². The average Bonchev–Trinajstić information content (AvgIpc) is 2.82. The number of carboxylic acids is 1. The van der Waals surface area contributed by atoms with E-state index in [1.807, 2.05) is 6.26 Å². The zero-order valence-corrected chi connectivity index (χ0v) is 19.7. The highest BCUT2D eigenvalue weighted by atomic mass is 32.2. The third kappa shape index (κ3) is 6.95. The second-order valence-corrected chi connectivity index (χ2v) is 8.36. The van der Waals surface area contributed by atoms with Crippen LogP contribution in [0, 0.1) is 0 Å². The molecule has 4 N–H and O–H groups in total. The van der Waals surface area contributed by atoms with Crippen molar-refractivity contribution in [1.82, 2.24) is 10.6 Å². The lowest BCUT2D eigenvalue weighted by atomic mass is 9.89. The maximum atomic E-state index is 12.8. The lowest BCUT2D eigenvalue weighted by Gasteiger charge is -2.31. The molecule has 34 heavy (non-hydrogen) atoms. The van der Waals surface area contributed by atoms with Gasteiger partial charge in [-0.3, -0.25) is 9.59 Å². The number of benzene rings is 1. The van der Waals surface area contributed by atoms with Crippen molar-refractivity contribution < 1.29 is 44.0 Å². The largest absolute Gasteiger partial charge is 0.550 e. The second kappa shape index (κ2) is 12.4. The van der Waals surface area contributed by atoms with Crippen LogP contribution < -0.4 is 20.5 Å². The zero-order valence-electron chi connectivity index (χ0n) is 18.9. The van der Waals surface area contributed by atoms with Gasteiger partial charge in [-0.1, -0.05) is 6.08 Å². The van der Waals surface area contributed by atoms with Gasteiger partial charge in [-0.05, 0) is 37.3 Å². The van der Waals surface area contributed by atoms with Gasteiger partial charge in [0.05, 0.1) is 31.9 Å². The fourth-order valence-electron chi connectivity index (χ4n) is 3.38. The fourth-order valence-corrected chi connectivity index (χ4v) is 3.81. The van der Waals surface area contributed by atoms with Crippen LogP contribution in [0.2, 0.25) is 0 Å². The van der Waals surface area contributed by atoms with E-state index in [9.17, 15) is 34.5 Å². The first-order chi connectivity index (χ1) is 16.1. The van der Waals surface area contributed by atoms with Crippen LogP contribution in [-0.4, -0.2) is 78.7 Å². The van der Waals surface area contributed by atoms with Gasteiger partial charge in [0.1, 0.15) is 17.9 Å². The summed E-state index contributed by atoms with van der Waals surface area (Å²) < 4.78 is 9.85. The standard InChI is InChI=1S/C22H28N2O9S/c1-32-17-10-12(34-3)4-5-13(17)21(30)24-15-8-11(9-16(25)19(15)28)20(29)23-14(22(31)33-2)6-7-18(26)27/h4-5,8,10,14-16,19,25,28H,6-7,9H2,1-3H3,(H,23,29)(H,24,30)(H,26,27)/p-1/t14-,15+,16+,19+/m0/s1. The van der Waals surface area contributed by atoms with Crippen LogP contribution in [0.4, 0.5) is 0 Å². The van der Waals surface area contributed by atoms with Crippen molar-refractivity contribution in [3.63, 3.8) is 0 Å². The highest BCUT2D eigenvalue weighted by Gasteiger charge is 2.35. The molecule has 12 heteroatoms. The predicted octanol–water partition coefficient (Wildman–Crippen LogP) is -1.24. The molecule has 0 fully saturated rings. The Morgan fingerprint density at radius 2 is 1.91 bits per heavy atom. The number of thioether (sulfide) groups is 1. The van der Waals surface area contributed by atoms with E-state index >= 15 is 0 Å². The number of amides is 2. The van der Waals surface area contributed by atoms with Crippen LogP contribution in [0.3, 0.4) is 0 Å². The summed E-state index contributed by atoms with van der Waals surface area (Å²) >= 11 is 1.46. The van der Waals surface area contributed by atoms with E-state index in [4.69, 9.17) is 4.74 Å². The van der Waals surface area contributed by atoms with Gasteiger partial charge in [-0.15, -0.1) is 11.8 Å². The van der Waals surface area contributed by atoms with Gasteiger partial charge in [0, 0.05) is 22.9 Å². The van der Waals surface area contributed by atoms with Gasteiger partial charge < -0.3 is 40.2 Å². The van der Waals surface area contributed by atoms with E-state index in [1.165, 1.54) is 24.9 Å². The Bertz CT molecular complexity index is 966. The second-order valence-electron chi connectivity index (χ2n) is 7.48. The van der Waals surface area contributed by atoms with Gasteiger partial charge >= 0.3 is 5.97 Å². The van der Waals surface area contributed by atoms with Crippen LogP contribution in [0.1, 0.15) is 29.6 Å². The molecule has 11 nitrogen and oxygen atoms in total. The maximum Gasteiger partial charge on any atom is 0.328 e. The first-order valence-corrected chi connectivity index (χ1v) is 11.5. The number of hydrogen-bond acceptors (Lipinski definition) is 10. The summed E-state index contributed by atoms with van der Waals surface area (Å²) in [7, 11) is 2.50. The zero-order chi connectivity index (χ0) is 25.4. The molecule has 1 aromatic carbocycles. The molecule has 186 valence electrons. The first-order valence-electron chi connectivity index (χ1n) is 10.3. The van der Waals surface area contributed by atoms with Gasteiger partial charge in [0.25, 0.3) is 5.91 Å². The minimum atomic E-state index is -1.40. The third-order valence-corrected chi connectivity index (χ3v) is 5.97. The molecule has 0 aromatic heterocycles. The fraction of sp³-hybridized carbons (Fsp3) is 0.455. The molecule has 1 aliphatic rings. The van der Waals surface area contributed by atoms with Crippen LogP contribution in [0.25, 0.3) is 0 Å². The van der Waals surface area contributed by atoms with Crippen LogP contribution in [-0.2, 0) is 19.1 Å². The molecule has 0 radical (unpaired) electrons. The molecule has 0 heterocycles. The highest BCUT2D eigenvalue weighted by molar-refractivity contribution is 7.98. The number of rotatable bonds is 10. The topological polar surface area (TPSA) is 174 Å². The van der Waals surface area contributed by atoms with Crippen molar-refractivity contribution in [2.24, 2.45) is 0 Å². The number of nitrogens with one attached hydrogen (secondary N) is 2. The number of aliphatic carboxylic acids is 1. The van der Waals surface area contributed by atoms with Crippen molar-refractivity contribution in [2.75, 3.05) is 20.5 Å². The molecular weight excluding hydrogens is 468 g/mol. The van der Waals surface area contributed by atoms with E-state index in [0.29, 0.717) is 5.75 Å². The lowest BCUT2D eigenvalue weighted by molar-refractivity contribution is -0.305. The van der Waals surface area contributed by atoms with Crippen LogP contribution in [0.15, 0.2) is 34.7 Å². The molecule has 0 aliphatic heterocycles.